The molecule has 2 aromatic rings. The number of hydrogen-bond donors (Lipinski definition) is 2. The minimum Gasteiger partial charge on any atom is -0.387 e. The van der Waals surface area contributed by atoms with E-state index in [1.165, 1.54) is 18.2 Å². The second kappa shape index (κ2) is 9.04. The molecule has 6 nitrogen and oxygen atoms in total. The number of aromatic nitrogens is 1. The summed E-state index contributed by atoms with van der Waals surface area (Å²) >= 11 is 6.21. The molecule has 186 valence electrons. The third kappa shape index (κ3) is 5.66. The molecule has 1 aliphatic carbocycles. The predicted molar refractivity (Wildman–Crippen MR) is 112 cm³/mol. The molecular weight excluding hydrogens is 507 g/mol. The smallest absolute Gasteiger partial charge is 0.387 e. The van der Waals surface area contributed by atoms with Crippen molar-refractivity contribution in [3.05, 3.63) is 58.4 Å². The van der Waals surface area contributed by atoms with Crippen LogP contribution in [0.15, 0.2) is 41.4 Å². The molecule has 0 saturated heterocycles. The Balaban J connectivity index is 2.09. The first-order valence-electron chi connectivity index (χ1n) is 9.96. The Hall–Kier alpha value is -2.31. The Kier molecular flexibility index (Phi) is 7.00. The molecule has 1 unspecified atom stereocenters. The lowest BCUT2D eigenvalue weighted by Crippen LogP contribution is -2.50. The number of hydrogen-bond acceptors (Lipinski definition) is 5. The highest BCUT2D eigenvalue weighted by atomic mass is 35.5. The summed E-state index contributed by atoms with van der Waals surface area (Å²) in [7, 11) is -4.18. The number of nitrogens with zero attached hydrogens (tertiary/aromatic N) is 1. The van der Waals surface area contributed by atoms with Gasteiger partial charge in [-0.15, -0.1) is 0 Å². The standard InChI is InChI=1S/C21H20ClF5N2O4S/c1-34(32,33)15-11-28-16(21(25,26)27)10-13(15)18(30)29-17(12-4-2-3-5-14(12)22)19(31)6-8-20(23,24)9-7-19/h2-5,10-11,17,31H,6-9H2,1H3,(H,29,30). The van der Waals surface area contributed by atoms with Crippen molar-refractivity contribution in [2.45, 2.75) is 54.3 Å². The molecule has 34 heavy (non-hydrogen) atoms. The van der Waals surface area contributed by atoms with E-state index in [2.05, 4.69) is 10.3 Å². The molecule has 1 amide bonds. The first-order chi connectivity index (χ1) is 15.5. The number of pyridine rings is 1. The normalized spacial score (nSPS) is 18.8. The van der Waals surface area contributed by atoms with E-state index in [9.17, 15) is 40.3 Å². The molecule has 0 bridgehead atoms. The summed E-state index contributed by atoms with van der Waals surface area (Å²) < 4.78 is 91.3. The second-order valence-electron chi connectivity index (χ2n) is 8.22. The van der Waals surface area contributed by atoms with Crippen LogP contribution in [0.25, 0.3) is 0 Å². The van der Waals surface area contributed by atoms with Crippen molar-refractivity contribution in [1.82, 2.24) is 10.3 Å². The van der Waals surface area contributed by atoms with Gasteiger partial charge in [0.2, 0.25) is 5.92 Å². The van der Waals surface area contributed by atoms with Crippen molar-refractivity contribution in [2.24, 2.45) is 0 Å². The summed E-state index contributed by atoms with van der Waals surface area (Å²) in [5.74, 6) is -4.30. The molecular formula is C21H20ClF5N2O4S. The number of amides is 1. The van der Waals surface area contributed by atoms with Crippen molar-refractivity contribution in [3.63, 3.8) is 0 Å². The van der Waals surface area contributed by atoms with E-state index in [1.807, 2.05) is 0 Å². The Morgan fingerprint density at radius 2 is 1.76 bits per heavy atom. The van der Waals surface area contributed by atoms with E-state index in [0.29, 0.717) is 12.5 Å². The van der Waals surface area contributed by atoms with E-state index >= 15 is 0 Å². The highest BCUT2D eigenvalue weighted by molar-refractivity contribution is 7.90. The largest absolute Gasteiger partial charge is 0.433 e. The van der Waals surface area contributed by atoms with Crippen molar-refractivity contribution in [1.29, 1.82) is 0 Å². The fourth-order valence-electron chi connectivity index (χ4n) is 3.83. The fraction of sp³-hybridized carbons (Fsp3) is 0.429. The summed E-state index contributed by atoms with van der Waals surface area (Å²) in [6.45, 7) is 0. The quantitative estimate of drug-likeness (QED) is 0.556. The van der Waals surface area contributed by atoms with Crippen molar-refractivity contribution in [2.75, 3.05) is 6.26 Å². The van der Waals surface area contributed by atoms with Crippen LogP contribution in [0.3, 0.4) is 0 Å². The molecule has 1 aromatic carbocycles. The Bertz CT molecular complexity index is 1190. The van der Waals surface area contributed by atoms with E-state index < -0.39 is 81.3 Å². The number of benzene rings is 1. The summed E-state index contributed by atoms with van der Waals surface area (Å²) in [5, 5.41) is 13.6. The average molecular weight is 527 g/mol. The number of nitrogens with one attached hydrogen (secondary N) is 1. The minimum absolute atomic E-state index is 0.0626. The number of carbonyl (C=O) groups excluding carboxylic acids is 1. The third-order valence-electron chi connectivity index (χ3n) is 5.68. The lowest BCUT2D eigenvalue weighted by molar-refractivity contribution is -0.141. The number of aliphatic hydroxyl groups is 1. The van der Waals surface area contributed by atoms with E-state index in [-0.39, 0.29) is 16.7 Å². The molecule has 1 fully saturated rings. The molecule has 13 heteroatoms. The number of rotatable bonds is 5. The third-order valence-corrected chi connectivity index (χ3v) is 7.15. The van der Waals surface area contributed by atoms with Crippen molar-refractivity contribution in [3.8, 4) is 0 Å². The Morgan fingerprint density at radius 3 is 2.29 bits per heavy atom. The summed E-state index contributed by atoms with van der Waals surface area (Å²) in [5.41, 5.74) is -4.15. The van der Waals surface area contributed by atoms with Crippen LogP contribution in [-0.2, 0) is 16.0 Å². The van der Waals surface area contributed by atoms with Crippen LogP contribution in [-0.4, -0.2) is 42.2 Å². The zero-order valence-electron chi connectivity index (χ0n) is 17.7. The average Bonchev–Trinajstić information content (AvgIpc) is 2.73. The van der Waals surface area contributed by atoms with Crippen LogP contribution in [0.2, 0.25) is 5.02 Å². The Morgan fingerprint density at radius 1 is 1.18 bits per heavy atom. The van der Waals surface area contributed by atoms with Crippen molar-refractivity contribution >= 4 is 27.3 Å². The van der Waals surface area contributed by atoms with E-state index in [1.54, 1.807) is 6.07 Å². The second-order valence-corrected chi connectivity index (χ2v) is 10.6. The fourth-order valence-corrected chi connectivity index (χ4v) is 4.87. The molecule has 0 aliphatic heterocycles. The van der Waals surface area contributed by atoms with Gasteiger partial charge in [-0.05, 0) is 30.5 Å². The maximum Gasteiger partial charge on any atom is 0.433 e. The van der Waals surface area contributed by atoms with E-state index in [4.69, 9.17) is 11.6 Å². The first kappa shape index (κ1) is 26.3. The van der Waals surface area contributed by atoms with Gasteiger partial charge in [0.15, 0.2) is 9.84 Å². The molecule has 1 aliphatic rings. The van der Waals surface area contributed by atoms with Gasteiger partial charge in [0, 0.05) is 30.3 Å². The lowest BCUT2D eigenvalue weighted by Gasteiger charge is -2.42. The van der Waals surface area contributed by atoms with Crippen LogP contribution < -0.4 is 5.32 Å². The number of halogens is 6. The van der Waals surface area contributed by atoms with Gasteiger partial charge in [-0.2, -0.15) is 13.2 Å². The highest BCUT2D eigenvalue weighted by Crippen LogP contribution is 2.45. The SMILES string of the molecule is CS(=O)(=O)c1cnc(C(F)(F)F)cc1C(=O)NC(c1ccccc1Cl)C1(O)CCC(F)(F)CC1. The van der Waals surface area contributed by atoms with Gasteiger partial charge in [0.05, 0.1) is 22.1 Å². The molecule has 1 heterocycles. The molecule has 0 radical (unpaired) electrons. The maximum atomic E-state index is 13.8. The highest BCUT2D eigenvalue weighted by Gasteiger charge is 2.48. The van der Waals surface area contributed by atoms with Gasteiger partial charge in [0.25, 0.3) is 5.91 Å². The minimum atomic E-state index is -4.97. The first-order valence-corrected chi connectivity index (χ1v) is 12.2. The predicted octanol–water partition coefficient (Wildman–Crippen LogP) is 4.57. The van der Waals surface area contributed by atoms with Gasteiger partial charge in [-0.1, -0.05) is 29.8 Å². The molecule has 0 spiro atoms. The van der Waals surface area contributed by atoms with Crippen molar-refractivity contribution < 1.29 is 40.3 Å². The monoisotopic (exact) mass is 526 g/mol. The van der Waals surface area contributed by atoms with E-state index in [0.717, 1.165) is 0 Å². The van der Waals surface area contributed by atoms with Crippen LogP contribution in [0.1, 0.15) is 53.3 Å². The molecule has 1 saturated carbocycles. The van der Waals surface area contributed by atoms with Gasteiger partial charge < -0.3 is 10.4 Å². The summed E-state index contributed by atoms with van der Waals surface area (Å²) in [6.07, 6.45) is -6.13. The maximum absolute atomic E-state index is 13.8. The van der Waals surface area contributed by atoms with Gasteiger partial charge in [-0.3, -0.25) is 9.78 Å². The summed E-state index contributed by atoms with van der Waals surface area (Å²) in [6, 6.07) is 4.77. The van der Waals surface area contributed by atoms with Crippen LogP contribution in [0, 0.1) is 0 Å². The molecule has 1 aromatic heterocycles. The summed E-state index contributed by atoms with van der Waals surface area (Å²) in [4.78, 5) is 15.5. The lowest BCUT2D eigenvalue weighted by atomic mass is 9.75. The molecule has 3 rings (SSSR count). The van der Waals surface area contributed by atoms with Gasteiger partial charge >= 0.3 is 6.18 Å². The molecule has 1 atom stereocenters. The zero-order chi connectivity index (χ0) is 25.5. The van der Waals surface area contributed by atoms with Gasteiger partial charge in [0.1, 0.15) is 5.69 Å². The van der Waals surface area contributed by atoms with Gasteiger partial charge in [-0.25, -0.2) is 17.2 Å². The number of carbonyl (C=O) groups is 1. The number of alkyl halides is 5. The zero-order valence-corrected chi connectivity index (χ0v) is 19.2. The van der Waals surface area contributed by atoms with Crippen LogP contribution in [0.4, 0.5) is 22.0 Å². The van der Waals surface area contributed by atoms with Crippen LogP contribution in [0.5, 0.6) is 0 Å². The number of sulfone groups is 1. The van der Waals surface area contributed by atoms with Crippen LogP contribution >= 0.6 is 11.6 Å². The topological polar surface area (TPSA) is 96.4 Å². The Labute approximate surface area is 197 Å². The molecule has 2 N–H and O–H groups in total.